The summed E-state index contributed by atoms with van der Waals surface area (Å²) in [5, 5.41) is 11.3. The van der Waals surface area contributed by atoms with Gasteiger partial charge in [-0.1, -0.05) is 36.4 Å². The smallest absolute Gasteiger partial charge is 0.295 e. The van der Waals surface area contributed by atoms with Crippen LogP contribution in [-0.4, -0.2) is 47.1 Å². The number of aliphatic hydroxyl groups excluding tert-OH is 1. The third-order valence-corrected chi connectivity index (χ3v) is 5.50. The van der Waals surface area contributed by atoms with Gasteiger partial charge in [0.1, 0.15) is 11.5 Å². The molecule has 1 heterocycles. The van der Waals surface area contributed by atoms with E-state index in [0.717, 1.165) is 11.1 Å². The molecular weight excluding hydrogens is 418 g/mol. The molecule has 0 radical (unpaired) electrons. The Balaban J connectivity index is 2.05. The highest BCUT2D eigenvalue weighted by Crippen LogP contribution is 2.40. The molecule has 0 aliphatic carbocycles. The topological polar surface area (TPSA) is 76.1 Å². The van der Waals surface area contributed by atoms with Gasteiger partial charge in [-0.15, -0.1) is 0 Å². The summed E-state index contributed by atoms with van der Waals surface area (Å²) in [5.74, 6) is -0.900. The van der Waals surface area contributed by atoms with Gasteiger partial charge in [0.15, 0.2) is 0 Å². The monoisotopic (exact) mass is 451 g/mol. The van der Waals surface area contributed by atoms with E-state index in [4.69, 9.17) is 9.47 Å². The average molecular weight is 452 g/mol. The number of likely N-dealkylation sites (tertiary alicyclic amines) is 1. The Bertz CT molecular complexity index is 1040. The van der Waals surface area contributed by atoms with Crippen LogP contribution < -0.4 is 4.74 Å². The largest absolute Gasteiger partial charge is 0.507 e. The first-order valence-corrected chi connectivity index (χ1v) is 11.4. The Kier molecular flexibility index (Phi) is 7.92. The number of Topliss-reactive ketones (excluding diaryl/α,β-unsaturated/α-hetero) is 1. The van der Waals surface area contributed by atoms with Crippen LogP contribution in [0, 0.1) is 6.92 Å². The Morgan fingerprint density at radius 2 is 1.76 bits per heavy atom. The Morgan fingerprint density at radius 3 is 2.42 bits per heavy atom. The fourth-order valence-corrected chi connectivity index (χ4v) is 4.03. The Hall–Kier alpha value is -3.12. The number of rotatable bonds is 9. The zero-order valence-corrected chi connectivity index (χ0v) is 20.0. The summed E-state index contributed by atoms with van der Waals surface area (Å²) in [5.41, 5.74) is 2.29. The molecule has 2 aromatic carbocycles. The molecule has 176 valence electrons. The first-order valence-electron chi connectivity index (χ1n) is 11.4. The van der Waals surface area contributed by atoms with E-state index in [9.17, 15) is 14.7 Å². The first kappa shape index (κ1) is 24.5. The van der Waals surface area contributed by atoms with E-state index < -0.39 is 17.7 Å². The SMILES string of the molecule is Cc1ccccc1C1/C(=C(\O)c2cccc(OC(C)C)c2)C(=O)C(=O)N1CCCOC(C)C. The minimum atomic E-state index is -0.680. The molecule has 1 unspecified atom stereocenters. The van der Waals surface area contributed by atoms with Crippen molar-refractivity contribution in [3.63, 3.8) is 0 Å². The summed E-state index contributed by atoms with van der Waals surface area (Å²) in [6.45, 7) is 10.5. The van der Waals surface area contributed by atoms with Gasteiger partial charge in [0, 0.05) is 18.7 Å². The second-order valence-corrected chi connectivity index (χ2v) is 8.82. The third kappa shape index (κ3) is 5.63. The van der Waals surface area contributed by atoms with Gasteiger partial charge in [-0.2, -0.15) is 0 Å². The lowest BCUT2D eigenvalue weighted by Crippen LogP contribution is -2.31. The van der Waals surface area contributed by atoms with E-state index in [1.54, 1.807) is 29.2 Å². The van der Waals surface area contributed by atoms with Crippen LogP contribution in [-0.2, 0) is 14.3 Å². The highest BCUT2D eigenvalue weighted by molar-refractivity contribution is 6.46. The zero-order valence-electron chi connectivity index (χ0n) is 20.0. The molecule has 6 heteroatoms. The number of nitrogens with zero attached hydrogens (tertiary/aromatic N) is 1. The molecule has 1 aliphatic rings. The molecule has 0 spiro atoms. The summed E-state index contributed by atoms with van der Waals surface area (Å²) >= 11 is 0. The van der Waals surface area contributed by atoms with Crippen LogP contribution in [0.4, 0.5) is 0 Å². The molecule has 3 rings (SSSR count). The quantitative estimate of drug-likeness (QED) is 0.251. The Labute approximate surface area is 195 Å². The second-order valence-electron chi connectivity index (χ2n) is 8.82. The Morgan fingerprint density at radius 1 is 1.03 bits per heavy atom. The molecule has 6 nitrogen and oxygen atoms in total. The maximum atomic E-state index is 13.2. The zero-order chi connectivity index (χ0) is 24.1. The number of ketones is 1. The summed E-state index contributed by atoms with van der Waals surface area (Å²) < 4.78 is 11.4. The summed E-state index contributed by atoms with van der Waals surface area (Å²) in [6, 6.07) is 13.9. The molecule has 1 fully saturated rings. The van der Waals surface area contributed by atoms with E-state index in [0.29, 0.717) is 30.9 Å². The fourth-order valence-electron chi connectivity index (χ4n) is 4.03. The lowest BCUT2D eigenvalue weighted by atomic mass is 9.92. The van der Waals surface area contributed by atoms with Crippen LogP contribution in [0.15, 0.2) is 54.1 Å². The number of aryl methyl sites for hydroxylation is 1. The highest BCUT2D eigenvalue weighted by Gasteiger charge is 2.46. The van der Waals surface area contributed by atoms with Crippen molar-refractivity contribution in [2.45, 2.75) is 59.3 Å². The van der Waals surface area contributed by atoms with Gasteiger partial charge in [-0.3, -0.25) is 9.59 Å². The number of benzene rings is 2. The number of amides is 1. The van der Waals surface area contributed by atoms with E-state index in [-0.39, 0.29) is 23.5 Å². The molecule has 0 aromatic heterocycles. The summed E-state index contributed by atoms with van der Waals surface area (Å²) in [4.78, 5) is 27.8. The highest BCUT2D eigenvalue weighted by atomic mass is 16.5. The van der Waals surface area contributed by atoms with Crippen LogP contribution >= 0.6 is 0 Å². The number of carbonyl (C=O) groups is 2. The lowest BCUT2D eigenvalue weighted by Gasteiger charge is -2.26. The summed E-state index contributed by atoms with van der Waals surface area (Å²) in [6.07, 6.45) is 0.645. The number of carbonyl (C=O) groups excluding carboxylic acids is 2. The van der Waals surface area contributed by atoms with Gasteiger partial charge in [0.05, 0.1) is 23.8 Å². The molecule has 1 atom stereocenters. The maximum absolute atomic E-state index is 13.2. The maximum Gasteiger partial charge on any atom is 0.295 e. The van der Waals surface area contributed by atoms with Gasteiger partial charge in [-0.25, -0.2) is 0 Å². The summed E-state index contributed by atoms with van der Waals surface area (Å²) in [7, 11) is 0. The number of aliphatic hydroxyl groups is 1. The average Bonchev–Trinajstić information content (AvgIpc) is 3.01. The van der Waals surface area contributed by atoms with Crippen molar-refractivity contribution < 1.29 is 24.2 Å². The van der Waals surface area contributed by atoms with E-state index in [1.807, 2.05) is 58.9 Å². The van der Waals surface area contributed by atoms with E-state index in [1.165, 1.54) is 0 Å². The van der Waals surface area contributed by atoms with Crippen molar-refractivity contribution in [1.82, 2.24) is 4.90 Å². The van der Waals surface area contributed by atoms with Gasteiger partial charge in [0.25, 0.3) is 11.7 Å². The first-order chi connectivity index (χ1) is 15.7. The predicted octanol–water partition coefficient (Wildman–Crippen LogP) is 5.02. The molecule has 1 saturated heterocycles. The standard InChI is InChI=1S/C27H33NO5/c1-17(2)32-15-9-14-28-24(22-13-7-6-10-19(22)5)23(26(30)27(28)31)25(29)20-11-8-12-21(16-20)33-18(3)4/h6-8,10-13,16-18,24,29H,9,14-15H2,1-5H3/b25-23+. The van der Waals surface area contributed by atoms with Crippen molar-refractivity contribution in [3.05, 3.63) is 70.8 Å². The van der Waals surface area contributed by atoms with Gasteiger partial charge in [0.2, 0.25) is 0 Å². The number of hydrogen-bond acceptors (Lipinski definition) is 5. The van der Waals surface area contributed by atoms with Crippen molar-refractivity contribution in [3.8, 4) is 5.75 Å². The molecule has 2 aromatic rings. The van der Waals surface area contributed by atoms with Crippen LogP contribution in [0.5, 0.6) is 5.75 Å². The van der Waals surface area contributed by atoms with Crippen molar-refractivity contribution in [2.75, 3.05) is 13.2 Å². The van der Waals surface area contributed by atoms with Crippen molar-refractivity contribution >= 4 is 17.4 Å². The minimum absolute atomic E-state index is 0.0343. The molecule has 1 N–H and O–H groups in total. The van der Waals surface area contributed by atoms with Crippen LogP contribution in [0.25, 0.3) is 5.76 Å². The van der Waals surface area contributed by atoms with Crippen molar-refractivity contribution in [1.29, 1.82) is 0 Å². The molecule has 0 bridgehead atoms. The molecular formula is C27H33NO5. The lowest BCUT2D eigenvalue weighted by molar-refractivity contribution is -0.140. The van der Waals surface area contributed by atoms with Crippen molar-refractivity contribution in [2.24, 2.45) is 0 Å². The second kappa shape index (κ2) is 10.7. The van der Waals surface area contributed by atoms with Crippen LogP contribution in [0.3, 0.4) is 0 Å². The van der Waals surface area contributed by atoms with E-state index in [2.05, 4.69) is 0 Å². The molecule has 0 saturated carbocycles. The predicted molar refractivity (Wildman–Crippen MR) is 128 cm³/mol. The van der Waals surface area contributed by atoms with Crippen LogP contribution in [0.1, 0.15) is 56.8 Å². The number of ether oxygens (including phenoxy) is 2. The van der Waals surface area contributed by atoms with Gasteiger partial charge in [-0.05, 0) is 64.3 Å². The normalized spacial score (nSPS) is 17.9. The fraction of sp³-hybridized carbons (Fsp3) is 0.407. The number of hydrogen-bond donors (Lipinski definition) is 1. The molecule has 33 heavy (non-hydrogen) atoms. The molecule has 1 aliphatic heterocycles. The third-order valence-electron chi connectivity index (χ3n) is 5.50. The van der Waals surface area contributed by atoms with Crippen LogP contribution in [0.2, 0.25) is 0 Å². The minimum Gasteiger partial charge on any atom is -0.507 e. The van der Waals surface area contributed by atoms with Gasteiger partial charge >= 0.3 is 0 Å². The van der Waals surface area contributed by atoms with Gasteiger partial charge < -0.3 is 19.5 Å². The molecule has 1 amide bonds. The van der Waals surface area contributed by atoms with E-state index >= 15 is 0 Å².